The largest absolute Gasteiger partial charge is 0.607 e. The molecule has 0 spiro atoms. The average Bonchev–Trinajstić information content (AvgIpc) is 3.20. The number of sulfonamides is 1. The number of benzene rings is 4. The molecule has 0 saturated heterocycles. The van der Waals surface area contributed by atoms with Crippen LogP contribution in [0, 0.1) is 0 Å². The van der Waals surface area contributed by atoms with E-state index in [0.29, 0.717) is 64.9 Å². The van der Waals surface area contributed by atoms with Crippen molar-refractivity contribution in [3.05, 3.63) is 119 Å². The summed E-state index contributed by atoms with van der Waals surface area (Å²) in [6, 6.07) is 22.4. The Balaban J connectivity index is 1.13. The SMILES string of the molecule is COc1cc(Nc2cc(Oc3ccc(NC(=O)Nc4cc(C(C)(C)C)cc(NS(C)(=O)=O)c4OC)c4ccccc34)ccn2)ccc1C(=O)NCCCN1C=C[S+]([O-])C=C1. The number of hydrogen-bond acceptors (Lipinski definition) is 11. The summed E-state index contributed by atoms with van der Waals surface area (Å²) in [7, 11) is -0.750. The summed E-state index contributed by atoms with van der Waals surface area (Å²) in [5, 5.41) is 16.6. The van der Waals surface area contributed by atoms with Gasteiger partial charge in [-0.25, -0.2) is 18.2 Å². The second-order valence-corrected chi connectivity index (χ2v) is 17.7. The number of urea groups is 1. The van der Waals surface area contributed by atoms with Crippen LogP contribution in [0.25, 0.3) is 10.8 Å². The Bertz CT molecular complexity index is 2550. The van der Waals surface area contributed by atoms with Crippen molar-refractivity contribution in [2.24, 2.45) is 0 Å². The van der Waals surface area contributed by atoms with Gasteiger partial charge < -0.3 is 44.9 Å². The number of anilines is 5. The first-order chi connectivity index (χ1) is 28.6. The number of pyridine rings is 1. The second kappa shape index (κ2) is 18.7. The lowest BCUT2D eigenvalue weighted by Gasteiger charge is -2.24. The van der Waals surface area contributed by atoms with Crippen molar-refractivity contribution in [3.63, 3.8) is 0 Å². The maximum Gasteiger partial charge on any atom is 0.323 e. The van der Waals surface area contributed by atoms with Gasteiger partial charge in [-0.15, -0.1) is 0 Å². The van der Waals surface area contributed by atoms with Crippen molar-refractivity contribution in [3.8, 4) is 23.0 Å². The third kappa shape index (κ3) is 11.2. The number of methoxy groups -OCH3 is 2. The summed E-state index contributed by atoms with van der Waals surface area (Å²) in [5.74, 6) is 1.78. The molecule has 60 heavy (non-hydrogen) atoms. The Morgan fingerprint density at radius 1 is 0.850 bits per heavy atom. The molecule has 1 aliphatic heterocycles. The van der Waals surface area contributed by atoms with E-state index in [1.165, 1.54) is 14.2 Å². The predicted molar refractivity (Wildman–Crippen MR) is 237 cm³/mol. The minimum Gasteiger partial charge on any atom is -0.607 e. The predicted octanol–water partition coefficient (Wildman–Crippen LogP) is 8.23. The number of fused-ring (bicyclic) bond motifs is 1. The first-order valence-corrected chi connectivity index (χ1v) is 22.0. The quantitative estimate of drug-likeness (QED) is 0.0503. The number of carbonyl (C=O) groups is 2. The second-order valence-electron chi connectivity index (χ2n) is 14.7. The number of ether oxygens (including phenoxy) is 3. The lowest BCUT2D eigenvalue weighted by Crippen LogP contribution is -2.27. The average molecular weight is 854 g/mol. The third-order valence-electron chi connectivity index (χ3n) is 9.16. The van der Waals surface area contributed by atoms with Gasteiger partial charge in [0.15, 0.2) is 5.75 Å². The molecule has 15 nitrogen and oxygen atoms in total. The molecule has 0 atom stereocenters. The highest BCUT2D eigenvalue weighted by molar-refractivity contribution is 7.97. The number of rotatable bonds is 15. The fourth-order valence-electron chi connectivity index (χ4n) is 6.25. The van der Waals surface area contributed by atoms with Gasteiger partial charge in [-0.2, -0.15) is 0 Å². The molecule has 0 aliphatic carbocycles. The smallest absolute Gasteiger partial charge is 0.323 e. The maximum absolute atomic E-state index is 13.5. The molecule has 17 heteroatoms. The van der Waals surface area contributed by atoms with Gasteiger partial charge >= 0.3 is 6.03 Å². The molecule has 6 rings (SSSR count). The molecule has 0 saturated carbocycles. The summed E-state index contributed by atoms with van der Waals surface area (Å²) in [6.45, 7) is 7.05. The zero-order valence-electron chi connectivity index (χ0n) is 34.0. The minimum absolute atomic E-state index is 0.163. The first-order valence-electron chi connectivity index (χ1n) is 18.8. The van der Waals surface area contributed by atoms with E-state index in [1.807, 2.05) is 49.9 Å². The van der Waals surface area contributed by atoms with Crippen LogP contribution in [-0.2, 0) is 26.6 Å². The van der Waals surface area contributed by atoms with E-state index >= 15 is 0 Å². The summed E-state index contributed by atoms with van der Waals surface area (Å²) in [6.07, 6.45) is 6.87. The van der Waals surface area contributed by atoms with Gasteiger partial charge in [0, 0.05) is 59.1 Å². The van der Waals surface area contributed by atoms with Crippen molar-refractivity contribution in [2.75, 3.05) is 54.2 Å². The number of nitrogens with zero attached hydrogens (tertiary/aromatic N) is 2. The normalized spacial score (nSPS) is 12.8. The zero-order chi connectivity index (χ0) is 43.0. The van der Waals surface area contributed by atoms with Crippen molar-refractivity contribution in [1.82, 2.24) is 15.2 Å². The molecule has 0 fully saturated rings. The lowest BCUT2D eigenvalue weighted by atomic mass is 9.86. The van der Waals surface area contributed by atoms with Crippen LogP contribution in [0.3, 0.4) is 0 Å². The molecule has 3 amide bonds. The van der Waals surface area contributed by atoms with Crippen LogP contribution in [0.2, 0.25) is 0 Å². The number of hydrogen-bond donors (Lipinski definition) is 5. The van der Waals surface area contributed by atoms with Crippen molar-refractivity contribution in [2.45, 2.75) is 32.6 Å². The number of amides is 3. The number of carbonyl (C=O) groups excluding carboxylic acids is 2. The zero-order valence-corrected chi connectivity index (χ0v) is 35.6. The van der Waals surface area contributed by atoms with Gasteiger partial charge in [0.05, 0.1) is 55.5 Å². The van der Waals surface area contributed by atoms with Gasteiger partial charge in [-0.05, 0) is 59.9 Å². The van der Waals surface area contributed by atoms with Gasteiger partial charge in [0.25, 0.3) is 5.91 Å². The van der Waals surface area contributed by atoms with Gasteiger partial charge in [0.2, 0.25) is 10.0 Å². The Morgan fingerprint density at radius 3 is 2.27 bits per heavy atom. The van der Waals surface area contributed by atoms with E-state index in [0.717, 1.165) is 17.2 Å². The Kier molecular flexibility index (Phi) is 13.4. The molecule has 0 radical (unpaired) electrons. The lowest BCUT2D eigenvalue weighted by molar-refractivity contribution is 0.0949. The molecule has 5 N–H and O–H groups in total. The van der Waals surface area contributed by atoms with Gasteiger partial charge in [-0.1, -0.05) is 45.0 Å². The van der Waals surface area contributed by atoms with Crippen molar-refractivity contribution in [1.29, 1.82) is 0 Å². The van der Waals surface area contributed by atoms with E-state index in [-0.39, 0.29) is 28.4 Å². The topological polar surface area (TPSA) is 195 Å². The van der Waals surface area contributed by atoms with Crippen LogP contribution < -0.4 is 40.2 Å². The summed E-state index contributed by atoms with van der Waals surface area (Å²) >= 11 is -1.07. The van der Waals surface area contributed by atoms with Crippen LogP contribution in [0.4, 0.5) is 33.4 Å². The highest BCUT2D eigenvalue weighted by Gasteiger charge is 2.23. The molecule has 2 heterocycles. The minimum atomic E-state index is -3.65. The molecule has 1 aromatic heterocycles. The van der Waals surface area contributed by atoms with Crippen LogP contribution in [0.1, 0.15) is 43.1 Å². The number of nitrogens with one attached hydrogen (secondary N) is 5. The Morgan fingerprint density at radius 2 is 1.57 bits per heavy atom. The van der Waals surface area contributed by atoms with Gasteiger partial charge in [0.1, 0.15) is 33.9 Å². The Hall–Kier alpha value is -6.43. The van der Waals surface area contributed by atoms with E-state index in [2.05, 4.69) is 31.0 Å². The van der Waals surface area contributed by atoms with Crippen LogP contribution in [-0.4, -0.2) is 68.4 Å². The molecule has 4 aromatic carbocycles. The Labute approximate surface area is 352 Å². The molecule has 5 aromatic rings. The van der Waals surface area contributed by atoms with E-state index in [9.17, 15) is 22.6 Å². The summed E-state index contributed by atoms with van der Waals surface area (Å²) in [4.78, 5) is 32.9. The first kappa shape index (κ1) is 43.2. The summed E-state index contributed by atoms with van der Waals surface area (Å²) < 4.78 is 55.7. The van der Waals surface area contributed by atoms with E-state index in [1.54, 1.807) is 84.0 Å². The highest BCUT2D eigenvalue weighted by Crippen LogP contribution is 2.40. The van der Waals surface area contributed by atoms with Crippen molar-refractivity contribution >= 4 is 72.5 Å². The standard InChI is InChI=1S/C43H47N7O8S2/c1-43(2,3)28-24-35(40(57-5)36(25-28)49-60(6,54)55)48-42(52)47-34-14-15-37(32-11-8-7-10-31(32)34)58-30-16-18-44-39(27-30)46-29-12-13-33(38(26-29)56-4)41(51)45-17-9-19-50-20-22-59(53)23-21-50/h7-8,10-16,18,20-27,49H,9,17,19H2,1-6H3,(H,44,46)(H,45,51)(H2,47,48,52). The monoisotopic (exact) mass is 853 g/mol. The van der Waals surface area contributed by atoms with Crippen LogP contribution in [0.5, 0.6) is 23.0 Å². The van der Waals surface area contributed by atoms with Crippen LogP contribution >= 0.6 is 0 Å². The third-order valence-corrected chi connectivity index (χ3v) is 10.5. The molecule has 314 valence electrons. The molecular weight excluding hydrogens is 807 g/mol. The van der Waals surface area contributed by atoms with Crippen LogP contribution in [0.15, 0.2) is 108 Å². The molecule has 0 bridgehead atoms. The highest BCUT2D eigenvalue weighted by atomic mass is 32.2. The van der Waals surface area contributed by atoms with Crippen molar-refractivity contribution < 1.29 is 36.8 Å². The molecule has 1 aliphatic rings. The number of aromatic nitrogens is 1. The van der Waals surface area contributed by atoms with E-state index < -0.39 is 27.2 Å². The molecular formula is C43H47N7O8S2. The fraction of sp³-hybridized carbons (Fsp3) is 0.233. The van der Waals surface area contributed by atoms with E-state index in [4.69, 9.17) is 14.2 Å². The fourth-order valence-corrected chi connectivity index (χ4v) is 7.44. The van der Waals surface area contributed by atoms with Gasteiger partial charge in [-0.3, -0.25) is 9.52 Å². The maximum atomic E-state index is 13.5. The summed E-state index contributed by atoms with van der Waals surface area (Å²) in [5.41, 5.74) is 2.42. The molecule has 0 unspecified atom stereocenters.